The van der Waals surface area contributed by atoms with Gasteiger partial charge in [-0.25, -0.2) is 0 Å². The molecule has 1 aliphatic rings. The highest BCUT2D eigenvalue weighted by Crippen LogP contribution is 2.29. The van der Waals surface area contributed by atoms with Gasteiger partial charge in [-0.15, -0.1) is 0 Å². The lowest BCUT2D eigenvalue weighted by Gasteiger charge is -2.18. The molecule has 0 atom stereocenters. The van der Waals surface area contributed by atoms with Crippen molar-refractivity contribution in [1.82, 2.24) is 4.98 Å². The summed E-state index contributed by atoms with van der Waals surface area (Å²) < 4.78 is 0. The summed E-state index contributed by atoms with van der Waals surface area (Å²) in [4.78, 5) is 4.61. The fourth-order valence-corrected chi connectivity index (χ4v) is 2.80. The van der Waals surface area contributed by atoms with Crippen molar-refractivity contribution in [1.29, 1.82) is 0 Å². The molecule has 1 aromatic carbocycles. The Kier molecular flexibility index (Phi) is 2.62. The number of aryl methyl sites for hydroxylation is 2. The molecule has 1 heterocycles. The van der Waals surface area contributed by atoms with Gasteiger partial charge in [0, 0.05) is 17.3 Å². The first-order chi connectivity index (χ1) is 8.25. The van der Waals surface area contributed by atoms with Gasteiger partial charge < -0.3 is 0 Å². The number of hydrogen-bond donors (Lipinski definition) is 0. The standard InChI is InChI=1S/C16H19N/c1-11(2)16-9-13-8-7-12-5-3-4-6-14(12)15(13)10-17-16/h7-11H,3-6H2,1-2H3. The van der Waals surface area contributed by atoms with Crippen molar-refractivity contribution in [2.45, 2.75) is 45.4 Å². The SMILES string of the molecule is CC(C)c1cc2ccc3c(c2cn1)CCCC3. The highest BCUT2D eigenvalue weighted by Gasteiger charge is 2.13. The van der Waals surface area contributed by atoms with E-state index >= 15 is 0 Å². The molecule has 0 unspecified atom stereocenters. The molecule has 0 fully saturated rings. The van der Waals surface area contributed by atoms with E-state index in [-0.39, 0.29) is 0 Å². The van der Waals surface area contributed by atoms with Crippen molar-refractivity contribution in [3.8, 4) is 0 Å². The summed E-state index contributed by atoms with van der Waals surface area (Å²) in [5, 5.41) is 2.75. The highest BCUT2D eigenvalue weighted by atomic mass is 14.7. The number of aromatic nitrogens is 1. The second-order valence-corrected chi connectivity index (χ2v) is 5.40. The zero-order chi connectivity index (χ0) is 11.8. The molecule has 3 rings (SSSR count). The molecule has 0 saturated carbocycles. The summed E-state index contributed by atoms with van der Waals surface area (Å²) in [6, 6.07) is 6.85. The maximum atomic E-state index is 4.61. The fraction of sp³-hybridized carbons (Fsp3) is 0.438. The van der Waals surface area contributed by atoms with E-state index in [0.717, 1.165) is 0 Å². The summed E-state index contributed by atoms with van der Waals surface area (Å²) >= 11 is 0. The van der Waals surface area contributed by atoms with E-state index in [4.69, 9.17) is 0 Å². The lowest BCUT2D eigenvalue weighted by atomic mass is 9.88. The maximum absolute atomic E-state index is 4.61. The minimum atomic E-state index is 0.510. The predicted octanol–water partition coefficient (Wildman–Crippen LogP) is 4.24. The van der Waals surface area contributed by atoms with Crippen LogP contribution in [0, 0.1) is 0 Å². The lowest BCUT2D eigenvalue weighted by Crippen LogP contribution is -2.03. The number of benzene rings is 1. The average Bonchev–Trinajstić information content (AvgIpc) is 2.38. The third-order valence-electron chi connectivity index (χ3n) is 3.85. The van der Waals surface area contributed by atoms with Crippen molar-refractivity contribution < 1.29 is 0 Å². The number of pyridine rings is 1. The molecular weight excluding hydrogens is 206 g/mol. The molecule has 1 nitrogen and oxygen atoms in total. The van der Waals surface area contributed by atoms with Gasteiger partial charge in [-0.2, -0.15) is 0 Å². The second kappa shape index (κ2) is 4.14. The van der Waals surface area contributed by atoms with Crippen molar-refractivity contribution in [3.05, 3.63) is 41.2 Å². The molecule has 1 aromatic heterocycles. The van der Waals surface area contributed by atoms with Crippen LogP contribution in [0.4, 0.5) is 0 Å². The molecule has 0 aliphatic heterocycles. The van der Waals surface area contributed by atoms with Gasteiger partial charge in [-0.3, -0.25) is 4.98 Å². The van der Waals surface area contributed by atoms with Crippen LogP contribution in [-0.4, -0.2) is 4.98 Å². The largest absolute Gasteiger partial charge is 0.260 e. The topological polar surface area (TPSA) is 12.9 Å². The van der Waals surface area contributed by atoms with E-state index in [1.807, 2.05) is 0 Å². The van der Waals surface area contributed by atoms with E-state index in [2.05, 4.69) is 43.2 Å². The van der Waals surface area contributed by atoms with Gasteiger partial charge in [-0.1, -0.05) is 26.0 Å². The molecule has 17 heavy (non-hydrogen) atoms. The van der Waals surface area contributed by atoms with E-state index in [9.17, 15) is 0 Å². The minimum Gasteiger partial charge on any atom is -0.260 e. The monoisotopic (exact) mass is 225 g/mol. The number of rotatable bonds is 1. The molecule has 0 N–H and O–H groups in total. The van der Waals surface area contributed by atoms with Crippen LogP contribution in [0.3, 0.4) is 0 Å². The van der Waals surface area contributed by atoms with E-state index in [0.29, 0.717) is 5.92 Å². The van der Waals surface area contributed by atoms with Crippen LogP contribution in [0.1, 0.15) is 49.4 Å². The van der Waals surface area contributed by atoms with Gasteiger partial charge in [0.25, 0.3) is 0 Å². The summed E-state index contributed by atoms with van der Waals surface area (Å²) in [5.74, 6) is 0.510. The highest BCUT2D eigenvalue weighted by molar-refractivity contribution is 5.86. The maximum Gasteiger partial charge on any atom is 0.0435 e. The normalized spacial score (nSPS) is 15.2. The molecular formula is C16H19N. The summed E-state index contributed by atoms with van der Waals surface area (Å²) in [6.07, 6.45) is 7.25. The van der Waals surface area contributed by atoms with Crippen LogP contribution in [0.5, 0.6) is 0 Å². The van der Waals surface area contributed by atoms with Crippen LogP contribution in [0.2, 0.25) is 0 Å². The predicted molar refractivity (Wildman–Crippen MR) is 72.5 cm³/mol. The zero-order valence-electron chi connectivity index (χ0n) is 10.7. The number of hydrogen-bond acceptors (Lipinski definition) is 1. The summed E-state index contributed by atoms with van der Waals surface area (Å²) in [6.45, 7) is 4.40. The lowest BCUT2D eigenvalue weighted by molar-refractivity contribution is 0.690. The molecule has 0 amide bonds. The molecule has 0 saturated heterocycles. The molecule has 0 spiro atoms. The molecule has 1 heteroatoms. The van der Waals surface area contributed by atoms with Crippen LogP contribution in [-0.2, 0) is 12.8 Å². The van der Waals surface area contributed by atoms with Gasteiger partial charge in [0.2, 0.25) is 0 Å². The van der Waals surface area contributed by atoms with Gasteiger partial charge in [-0.05, 0) is 54.2 Å². The Morgan fingerprint density at radius 2 is 1.94 bits per heavy atom. The molecule has 1 aliphatic carbocycles. The van der Waals surface area contributed by atoms with Crippen LogP contribution in [0.25, 0.3) is 10.8 Å². The van der Waals surface area contributed by atoms with Crippen molar-refractivity contribution in [2.75, 3.05) is 0 Å². The Morgan fingerprint density at radius 3 is 2.76 bits per heavy atom. The molecule has 0 radical (unpaired) electrons. The van der Waals surface area contributed by atoms with Crippen LogP contribution >= 0.6 is 0 Å². The average molecular weight is 225 g/mol. The first kappa shape index (κ1) is 10.8. The summed E-state index contributed by atoms with van der Waals surface area (Å²) in [5.41, 5.74) is 4.30. The van der Waals surface area contributed by atoms with Crippen molar-refractivity contribution in [2.24, 2.45) is 0 Å². The van der Waals surface area contributed by atoms with E-state index in [1.165, 1.54) is 42.1 Å². The Bertz CT molecular complexity index is 555. The molecule has 0 bridgehead atoms. The first-order valence-electron chi connectivity index (χ1n) is 6.66. The number of fused-ring (bicyclic) bond motifs is 3. The Balaban J connectivity index is 2.20. The second-order valence-electron chi connectivity index (χ2n) is 5.40. The van der Waals surface area contributed by atoms with Crippen molar-refractivity contribution in [3.63, 3.8) is 0 Å². The van der Waals surface area contributed by atoms with Crippen molar-refractivity contribution >= 4 is 10.8 Å². The molecule has 2 aromatic rings. The fourth-order valence-electron chi connectivity index (χ4n) is 2.80. The van der Waals surface area contributed by atoms with Crippen LogP contribution in [0.15, 0.2) is 24.4 Å². The molecule has 88 valence electrons. The minimum absolute atomic E-state index is 0.510. The van der Waals surface area contributed by atoms with Gasteiger partial charge in [0.15, 0.2) is 0 Å². The quantitative estimate of drug-likeness (QED) is 0.707. The van der Waals surface area contributed by atoms with Gasteiger partial charge in [0.1, 0.15) is 0 Å². The Morgan fingerprint density at radius 1 is 1.12 bits per heavy atom. The Labute approximate surface area is 103 Å². The van der Waals surface area contributed by atoms with E-state index < -0.39 is 0 Å². The first-order valence-corrected chi connectivity index (χ1v) is 6.66. The van der Waals surface area contributed by atoms with Crippen LogP contribution < -0.4 is 0 Å². The van der Waals surface area contributed by atoms with Gasteiger partial charge >= 0.3 is 0 Å². The zero-order valence-corrected chi connectivity index (χ0v) is 10.7. The van der Waals surface area contributed by atoms with Gasteiger partial charge in [0.05, 0.1) is 0 Å². The number of nitrogens with zero attached hydrogens (tertiary/aromatic N) is 1. The Hall–Kier alpha value is -1.37. The third-order valence-corrected chi connectivity index (χ3v) is 3.85. The summed E-state index contributed by atoms with van der Waals surface area (Å²) in [7, 11) is 0. The smallest absolute Gasteiger partial charge is 0.0435 e. The van der Waals surface area contributed by atoms with E-state index in [1.54, 1.807) is 11.1 Å². The third kappa shape index (κ3) is 1.84.